The normalized spacial score (nSPS) is 17.3. The number of nitrogen functional groups attached to an aromatic ring is 1. The number of aryl methyl sites for hydroxylation is 1. The molecule has 2 aliphatic rings. The summed E-state index contributed by atoms with van der Waals surface area (Å²) < 4.78 is 11.0. The number of hydrogen-bond acceptors (Lipinski definition) is 4. The minimum absolute atomic E-state index is 0.0271. The number of para-hydroxylation sites is 1. The summed E-state index contributed by atoms with van der Waals surface area (Å²) in [7, 11) is 0. The van der Waals surface area contributed by atoms with E-state index in [4.69, 9.17) is 15.2 Å². The molecule has 0 bridgehead atoms. The Bertz CT molecular complexity index is 843. The van der Waals surface area contributed by atoms with Gasteiger partial charge in [0, 0.05) is 24.1 Å². The first-order valence-corrected chi connectivity index (χ1v) is 10.2. The van der Waals surface area contributed by atoms with Crippen molar-refractivity contribution < 1.29 is 14.3 Å². The van der Waals surface area contributed by atoms with Crippen LogP contribution in [0.3, 0.4) is 0 Å². The van der Waals surface area contributed by atoms with Crippen molar-refractivity contribution >= 4 is 11.6 Å². The number of nitrogens with one attached hydrogen (secondary N) is 1. The molecule has 148 valence electrons. The Morgan fingerprint density at radius 2 is 1.82 bits per heavy atom. The second-order valence-electron chi connectivity index (χ2n) is 7.88. The fourth-order valence-corrected chi connectivity index (χ4v) is 4.39. The van der Waals surface area contributed by atoms with E-state index in [9.17, 15) is 4.79 Å². The van der Waals surface area contributed by atoms with Crippen LogP contribution >= 0.6 is 0 Å². The number of rotatable bonds is 6. The molecule has 28 heavy (non-hydrogen) atoms. The SMILES string of the molecule is Nc1ccccc1CCC(=O)NCC1(c2ccc3c(c2)OCO3)CCCCC1. The molecular weight excluding hydrogens is 352 g/mol. The smallest absolute Gasteiger partial charge is 0.231 e. The van der Waals surface area contributed by atoms with Crippen LogP contribution in [0.4, 0.5) is 5.69 Å². The van der Waals surface area contributed by atoms with Crippen molar-refractivity contribution in [2.24, 2.45) is 0 Å². The lowest BCUT2D eigenvalue weighted by Crippen LogP contribution is -2.42. The van der Waals surface area contributed by atoms with Gasteiger partial charge in [0.25, 0.3) is 0 Å². The highest BCUT2D eigenvalue weighted by Gasteiger charge is 2.35. The van der Waals surface area contributed by atoms with Crippen molar-refractivity contribution in [3.05, 3.63) is 53.6 Å². The van der Waals surface area contributed by atoms with Crippen LogP contribution in [0.5, 0.6) is 11.5 Å². The van der Waals surface area contributed by atoms with E-state index in [-0.39, 0.29) is 18.1 Å². The summed E-state index contributed by atoms with van der Waals surface area (Å²) in [5.41, 5.74) is 8.98. The molecule has 1 heterocycles. The van der Waals surface area contributed by atoms with E-state index >= 15 is 0 Å². The Morgan fingerprint density at radius 1 is 1.04 bits per heavy atom. The van der Waals surface area contributed by atoms with Crippen LogP contribution in [0.1, 0.15) is 49.7 Å². The molecule has 1 amide bonds. The lowest BCUT2D eigenvalue weighted by Gasteiger charge is -2.38. The first-order valence-electron chi connectivity index (χ1n) is 10.2. The van der Waals surface area contributed by atoms with E-state index in [1.807, 2.05) is 30.3 Å². The van der Waals surface area contributed by atoms with Gasteiger partial charge in [-0.25, -0.2) is 0 Å². The van der Waals surface area contributed by atoms with Crippen LogP contribution in [0.2, 0.25) is 0 Å². The molecule has 0 radical (unpaired) electrons. The first kappa shape index (κ1) is 18.7. The maximum atomic E-state index is 12.5. The van der Waals surface area contributed by atoms with Gasteiger partial charge in [-0.2, -0.15) is 0 Å². The molecule has 5 nitrogen and oxygen atoms in total. The van der Waals surface area contributed by atoms with Gasteiger partial charge in [0.1, 0.15) is 0 Å². The summed E-state index contributed by atoms with van der Waals surface area (Å²) in [6.45, 7) is 0.945. The monoisotopic (exact) mass is 380 g/mol. The highest BCUT2D eigenvalue weighted by atomic mass is 16.7. The van der Waals surface area contributed by atoms with E-state index in [1.54, 1.807) is 0 Å². The van der Waals surface area contributed by atoms with E-state index in [0.717, 1.165) is 35.6 Å². The average Bonchev–Trinajstić information content (AvgIpc) is 3.20. The second-order valence-corrected chi connectivity index (χ2v) is 7.88. The van der Waals surface area contributed by atoms with Gasteiger partial charge >= 0.3 is 0 Å². The number of hydrogen-bond donors (Lipinski definition) is 2. The van der Waals surface area contributed by atoms with E-state index in [2.05, 4.69) is 17.4 Å². The van der Waals surface area contributed by atoms with Crippen LogP contribution in [0.25, 0.3) is 0 Å². The molecule has 0 spiro atoms. The molecule has 0 unspecified atom stereocenters. The zero-order valence-corrected chi connectivity index (χ0v) is 16.2. The fraction of sp³-hybridized carbons (Fsp3) is 0.435. The Hall–Kier alpha value is -2.69. The standard InChI is InChI=1S/C23H28N2O3/c24-19-7-3-2-6-17(19)8-11-22(26)25-15-23(12-4-1-5-13-23)18-9-10-20-21(14-18)28-16-27-20/h2-3,6-7,9-10,14H,1,4-5,8,11-13,15-16,24H2,(H,25,26). The number of ether oxygens (including phenoxy) is 2. The Morgan fingerprint density at radius 3 is 2.64 bits per heavy atom. The minimum atomic E-state index is -0.0271. The lowest BCUT2D eigenvalue weighted by atomic mass is 9.69. The molecule has 2 aromatic rings. The van der Waals surface area contributed by atoms with Gasteiger partial charge in [0.15, 0.2) is 11.5 Å². The van der Waals surface area contributed by atoms with Gasteiger partial charge in [0.2, 0.25) is 12.7 Å². The van der Waals surface area contributed by atoms with E-state index < -0.39 is 0 Å². The molecule has 5 heteroatoms. The third-order valence-corrected chi connectivity index (χ3v) is 6.10. The van der Waals surface area contributed by atoms with E-state index in [0.29, 0.717) is 19.4 Å². The molecular formula is C23H28N2O3. The topological polar surface area (TPSA) is 73.6 Å². The van der Waals surface area contributed by atoms with Crippen molar-refractivity contribution in [1.82, 2.24) is 5.32 Å². The summed E-state index contributed by atoms with van der Waals surface area (Å²) in [6, 6.07) is 14.0. The minimum Gasteiger partial charge on any atom is -0.454 e. The molecule has 1 aliphatic carbocycles. The van der Waals surface area contributed by atoms with Gasteiger partial charge in [-0.3, -0.25) is 4.79 Å². The van der Waals surface area contributed by atoms with Crippen molar-refractivity contribution in [2.75, 3.05) is 19.1 Å². The van der Waals surface area contributed by atoms with Crippen molar-refractivity contribution in [3.8, 4) is 11.5 Å². The highest BCUT2D eigenvalue weighted by molar-refractivity contribution is 5.76. The first-order chi connectivity index (χ1) is 13.7. The lowest BCUT2D eigenvalue weighted by molar-refractivity contribution is -0.121. The van der Waals surface area contributed by atoms with Crippen LogP contribution in [-0.2, 0) is 16.6 Å². The number of nitrogens with two attached hydrogens (primary N) is 1. The third-order valence-electron chi connectivity index (χ3n) is 6.10. The number of amides is 1. The predicted molar refractivity (Wildman–Crippen MR) is 110 cm³/mol. The largest absolute Gasteiger partial charge is 0.454 e. The van der Waals surface area contributed by atoms with Gasteiger partial charge in [0.05, 0.1) is 0 Å². The molecule has 2 aromatic carbocycles. The van der Waals surface area contributed by atoms with Crippen LogP contribution in [0.15, 0.2) is 42.5 Å². The van der Waals surface area contributed by atoms with Crippen LogP contribution in [0, 0.1) is 0 Å². The molecule has 3 N–H and O–H groups in total. The van der Waals surface area contributed by atoms with Crippen LogP contribution in [-0.4, -0.2) is 19.2 Å². The second kappa shape index (κ2) is 8.13. The van der Waals surface area contributed by atoms with E-state index in [1.165, 1.54) is 24.8 Å². The average molecular weight is 380 g/mol. The summed E-state index contributed by atoms with van der Waals surface area (Å²) in [5, 5.41) is 3.20. The predicted octanol–water partition coefficient (Wildman–Crippen LogP) is 3.95. The highest BCUT2D eigenvalue weighted by Crippen LogP contribution is 2.43. The zero-order valence-electron chi connectivity index (χ0n) is 16.2. The maximum Gasteiger partial charge on any atom is 0.231 e. The molecule has 0 atom stereocenters. The number of carbonyl (C=O) groups is 1. The number of fused-ring (bicyclic) bond motifs is 1. The summed E-state index contributed by atoms with van der Waals surface area (Å²) in [4.78, 5) is 12.5. The molecule has 0 saturated heterocycles. The van der Waals surface area contributed by atoms with Gasteiger partial charge in [-0.15, -0.1) is 0 Å². The molecule has 1 saturated carbocycles. The Labute approximate surface area is 166 Å². The Kier molecular flexibility index (Phi) is 5.42. The number of carbonyl (C=O) groups excluding carboxylic acids is 1. The quantitative estimate of drug-likeness (QED) is 0.744. The molecule has 0 aromatic heterocycles. The summed E-state index contributed by atoms with van der Waals surface area (Å²) in [5.74, 6) is 1.70. The fourth-order valence-electron chi connectivity index (χ4n) is 4.39. The number of benzene rings is 2. The van der Waals surface area contributed by atoms with Crippen molar-refractivity contribution in [2.45, 2.75) is 50.4 Å². The van der Waals surface area contributed by atoms with Gasteiger partial charge < -0.3 is 20.5 Å². The Balaban J connectivity index is 1.42. The number of anilines is 1. The summed E-state index contributed by atoms with van der Waals surface area (Å²) >= 11 is 0. The molecule has 4 rings (SSSR count). The third kappa shape index (κ3) is 3.93. The molecule has 1 fully saturated rings. The summed E-state index contributed by atoms with van der Waals surface area (Å²) in [6.07, 6.45) is 6.90. The zero-order chi connectivity index (χ0) is 19.4. The van der Waals surface area contributed by atoms with Crippen molar-refractivity contribution in [3.63, 3.8) is 0 Å². The van der Waals surface area contributed by atoms with Crippen molar-refractivity contribution in [1.29, 1.82) is 0 Å². The van der Waals surface area contributed by atoms with Crippen LogP contribution < -0.4 is 20.5 Å². The maximum absolute atomic E-state index is 12.5. The molecule has 1 aliphatic heterocycles. The van der Waals surface area contributed by atoms with Gasteiger partial charge in [-0.1, -0.05) is 43.5 Å². The van der Waals surface area contributed by atoms with Gasteiger partial charge in [-0.05, 0) is 48.6 Å².